The van der Waals surface area contributed by atoms with Gasteiger partial charge in [0, 0.05) is 19.3 Å². The van der Waals surface area contributed by atoms with Gasteiger partial charge in [0.2, 0.25) is 0 Å². The largest absolute Gasteiger partial charge is 0.472 e. The highest BCUT2D eigenvalue weighted by Crippen LogP contribution is 2.45. The fourth-order valence-electron chi connectivity index (χ4n) is 10.8. The smallest absolute Gasteiger partial charge is 0.463 e. The highest BCUT2D eigenvalue weighted by Gasteiger charge is 2.29. The van der Waals surface area contributed by atoms with Gasteiger partial charge in [-0.2, -0.15) is 0 Å². The van der Waals surface area contributed by atoms with Crippen molar-refractivity contribution in [2.24, 2.45) is 0 Å². The molecule has 0 heterocycles. The van der Waals surface area contributed by atoms with Gasteiger partial charge in [-0.25, -0.2) is 9.13 Å². The third-order valence-electron chi connectivity index (χ3n) is 16.9. The van der Waals surface area contributed by atoms with E-state index in [0.29, 0.717) is 25.7 Å². The first-order valence-corrected chi connectivity index (χ1v) is 43.5. The Hall–Kier alpha value is -4.31. The molecule has 0 aliphatic heterocycles. The molecule has 0 bridgehead atoms. The molecule has 0 amide bonds. The fourth-order valence-corrected chi connectivity index (χ4v) is 12.4. The van der Waals surface area contributed by atoms with E-state index in [1.807, 2.05) is 18.2 Å². The van der Waals surface area contributed by atoms with Gasteiger partial charge in [0.25, 0.3) is 0 Å². The van der Waals surface area contributed by atoms with Gasteiger partial charge in [-0.05, 0) is 103 Å². The van der Waals surface area contributed by atoms with Crippen LogP contribution in [0.4, 0.5) is 0 Å². The summed E-state index contributed by atoms with van der Waals surface area (Å²) in [6.07, 6.45) is 94.0. The predicted octanol–water partition coefficient (Wildman–Crippen LogP) is 23.9. The zero-order valence-corrected chi connectivity index (χ0v) is 66.5. The molecule has 0 spiro atoms. The molecule has 0 aromatic heterocycles. The molecule has 0 saturated heterocycles. The van der Waals surface area contributed by atoms with Gasteiger partial charge < -0.3 is 34.2 Å². The molecule has 0 aromatic carbocycles. The van der Waals surface area contributed by atoms with Crippen molar-refractivity contribution in [1.29, 1.82) is 0 Å². The van der Waals surface area contributed by atoms with Crippen LogP contribution < -0.4 is 0 Å². The number of unbranched alkanes of at least 4 members (excludes halogenated alkanes) is 31. The number of phosphoric ester groups is 2. The maximum Gasteiger partial charge on any atom is 0.472 e. The average molecular weight is 1490 g/mol. The van der Waals surface area contributed by atoms with Crippen molar-refractivity contribution >= 4 is 33.6 Å². The van der Waals surface area contributed by atoms with Crippen molar-refractivity contribution in [3.8, 4) is 0 Å². The summed E-state index contributed by atoms with van der Waals surface area (Å²) in [5.41, 5.74) is 0. The number of carbonyl (C=O) groups excluding carboxylic acids is 3. The molecular formula is C85H146O16P2. The van der Waals surface area contributed by atoms with Crippen LogP contribution in [0, 0.1) is 0 Å². The molecule has 0 fully saturated rings. The molecule has 0 aliphatic carbocycles. The molecule has 0 radical (unpaired) electrons. The minimum Gasteiger partial charge on any atom is -0.463 e. The lowest BCUT2D eigenvalue weighted by Crippen LogP contribution is -2.30. The van der Waals surface area contributed by atoms with Crippen molar-refractivity contribution in [2.75, 3.05) is 39.6 Å². The van der Waals surface area contributed by atoms with Crippen molar-refractivity contribution < 1.29 is 75.8 Å². The molecule has 592 valence electrons. The van der Waals surface area contributed by atoms with Gasteiger partial charge in [0.15, 0.2) is 6.10 Å². The van der Waals surface area contributed by atoms with E-state index in [4.69, 9.17) is 32.3 Å². The van der Waals surface area contributed by atoms with Crippen LogP contribution >= 0.6 is 15.6 Å². The van der Waals surface area contributed by atoms with Crippen molar-refractivity contribution in [1.82, 2.24) is 0 Å². The second-order valence-electron chi connectivity index (χ2n) is 26.8. The quantitative estimate of drug-likeness (QED) is 0.0146. The number of phosphoric acid groups is 2. The fraction of sp³-hybridized carbons (Fsp3) is 0.706. The maximum atomic E-state index is 12.9. The van der Waals surface area contributed by atoms with Crippen LogP contribution in [0.5, 0.6) is 0 Å². The number of carbonyl (C=O) groups is 3. The van der Waals surface area contributed by atoms with Crippen LogP contribution in [0.1, 0.15) is 329 Å². The molecular weight excluding hydrogens is 1340 g/mol. The third kappa shape index (κ3) is 78.6. The number of hydrogen-bond acceptors (Lipinski definition) is 14. The van der Waals surface area contributed by atoms with Gasteiger partial charge in [-0.1, -0.05) is 341 Å². The van der Waals surface area contributed by atoms with Crippen molar-refractivity contribution in [3.05, 3.63) is 134 Å². The summed E-state index contributed by atoms with van der Waals surface area (Å²) in [6, 6.07) is 0. The molecule has 18 heteroatoms. The summed E-state index contributed by atoms with van der Waals surface area (Å²) >= 11 is 0. The lowest BCUT2D eigenvalue weighted by molar-refractivity contribution is -0.161. The summed E-state index contributed by atoms with van der Waals surface area (Å²) in [6.45, 7) is 2.38. The number of aliphatic hydroxyl groups excluding tert-OH is 2. The molecule has 0 saturated carbocycles. The van der Waals surface area contributed by atoms with Crippen LogP contribution in [-0.2, 0) is 55.8 Å². The van der Waals surface area contributed by atoms with Crippen LogP contribution in [-0.4, -0.2) is 95.9 Å². The topological polar surface area (TPSA) is 231 Å². The molecule has 4 N–H and O–H groups in total. The lowest BCUT2D eigenvalue weighted by Gasteiger charge is -2.21. The van der Waals surface area contributed by atoms with E-state index in [0.717, 1.165) is 109 Å². The summed E-state index contributed by atoms with van der Waals surface area (Å²) < 4.78 is 61.0. The number of hydrogen-bond donors (Lipinski definition) is 4. The highest BCUT2D eigenvalue weighted by atomic mass is 31.2. The molecule has 103 heavy (non-hydrogen) atoms. The molecule has 5 unspecified atom stereocenters. The number of esters is 3. The third-order valence-corrected chi connectivity index (χ3v) is 18.8. The Morgan fingerprint density at radius 3 is 0.874 bits per heavy atom. The standard InChI is InChI=1S/C85H146O16P2/c1-4-7-10-13-16-19-22-25-27-29-31-32-33-34-35-36-37-38-39-40-41-42-43-44-45-46-48-50-51-54-56-59-62-65-68-71-83(88)95-74-80(86)75-97-102(91,92)98-76-81(87)77-99-103(93,94)100-79-82(101-85(90)73-70-67-64-61-58-53-24-21-18-15-12-9-6-3)78-96-84(89)72-69-66-63-60-57-55-52-49-47-30-28-26-23-20-17-14-11-8-5-2/h7-8,10-11,16-17,19-20,25-28,31-32,34-35,47,49,55,57,63,66,80-82,86-87H,4-6,9,12-15,18,21-24,29-30,33,36-46,48,50-54,56,58-62,64-65,67-79H2,1-3H3,(H,91,92)(H,93,94)/b10-7-,11-8-,19-16-,20-17-,27-25-,28-26-,32-31-,35-34-,49-47-,57-55-,66-63-. The predicted molar refractivity (Wildman–Crippen MR) is 426 cm³/mol. The van der Waals surface area contributed by atoms with E-state index in [1.165, 1.54) is 154 Å². The number of rotatable bonds is 76. The SMILES string of the molecule is CC/C=C\C/C=C\C/C=C\C/C=C\C/C=C\C/C=C\CCC(=O)OCC(COP(=O)(O)OCC(O)COP(=O)(O)OCC(O)COC(=O)CCCCCCCCCCCCCCCCCCCCC/C=C\C/C=C\C/C=C\C/C=C\C/C=C\CC)OC(=O)CCCCCCCCCCCCCCC. The van der Waals surface area contributed by atoms with E-state index in [2.05, 4.69) is 136 Å². The van der Waals surface area contributed by atoms with E-state index >= 15 is 0 Å². The van der Waals surface area contributed by atoms with Gasteiger partial charge in [0.05, 0.1) is 26.4 Å². The minimum atomic E-state index is -4.94. The van der Waals surface area contributed by atoms with Gasteiger partial charge in [-0.3, -0.25) is 32.5 Å². The van der Waals surface area contributed by atoms with E-state index in [1.54, 1.807) is 0 Å². The Kier molecular flexibility index (Phi) is 74.1. The normalized spacial score (nSPS) is 14.7. The Balaban J connectivity index is 4.40. The first-order chi connectivity index (χ1) is 50.2. The summed E-state index contributed by atoms with van der Waals surface area (Å²) in [5.74, 6) is -1.66. The molecule has 16 nitrogen and oxygen atoms in total. The van der Waals surface area contributed by atoms with Crippen LogP contribution in [0.25, 0.3) is 0 Å². The Bertz CT molecular complexity index is 2410. The van der Waals surface area contributed by atoms with E-state index < -0.39 is 91.5 Å². The van der Waals surface area contributed by atoms with E-state index in [-0.39, 0.29) is 19.3 Å². The molecule has 0 aromatic rings. The van der Waals surface area contributed by atoms with Gasteiger partial charge >= 0.3 is 33.6 Å². The Labute approximate surface area is 626 Å². The van der Waals surface area contributed by atoms with Crippen LogP contribution in [0.2, 0.25) is 0 Å². The molecule has 5 atom stereocenters. The lowest BCUT2D eigenvalue weighted by atomic mass is 10.0. The zero-order chi connectivity index (χ0) is 75.2. The van der Waals surface area contributed by atoms with Gasteiger partial charge in [-0.15, -0.1) is 0 Å². The molecule has 0 rings (SSSR count). The van der Waals surface area contributed by atoms with Crippen molar-refractivity contribution in [3.63, 3.8) is 0 Å². The summed E-state index contributed by atoms with van der Waals surface area (Å²) in [5, 5.41) is 20.6. The molecule has 0 aliphatic rings. The zero-order valence-electron chi connectivity index (χ0n) is 64.7. The van der Waals surface area contributed by atoms with Crippen LogP contribution in [0.15, 0.2) is 134 Å². The summed E-state index contributed by atoms with van der Waals surface area (Å²) in [4.78, 5) is 58.5. The number of ether oxygens (including phenoxy) is 3. The number of aliphatic hydroxyl groups is 2. The van der Waals surface area contributed by atoms with E-state index in [9.17, 15) is 43.5 Å². The summed E-state index contributed by atoms with van der Waals surface area (Å²) in [7, 11) is -9.80. The highest BCUT2D eigenvalue weighted by molar-refractivity contribution is 7.47. The minimum absolute atomic E-state index is 0.0453. The van der Waals surface area contributed by atoms with Gasteiger partial charge in [0.1, 0.15) is 25.4 Å². The first-order valence-electron chi connectivity index (χ1n) is 40.5. The number of allylic oxidation sites excluding steroid dienone is 22. The maximum absolute atomic E-state index is 12.9. The average Bonchev–Trinajstić information content (AvgIpc) is 0.946. The Morgan fingerprint density at radius 2 is 0.534 bits per heavy atom. The second kappa shape index (κ2) is 77.3. The second-order valence-corrected chi connectivity index (χ2v) is 29.7. The Morgan fingerprint density at radius 1 is 0.282 bits per heavy atom. The van der Waals surface area contributed by atoms with Crippen molar-refractivity contribution in [2.45, 2.75) is 347 Å². The first kappa shape index (κ1) is 98.7. The monoisotopic (exact) mass is 1490 g/mol. The van der Waals surface area contributed by atoms with Crippen LogP contribution in [0.3, 0.4) is 0 Å².